The maximum atomic E-state index is 12.2. The van der Waals surface area contributed by atoms with Crippen LogP contribution in [0.1, 0.15) is 25.7 Å². The van der Waals surface area contributed by atoms with Crippen LogP contribution < -0.4 is 5.32 Å². The summed E-state index contributed by atoms with van der Waals surface area (Å²) in [6.07, 6.45) is 3.61. The number of nitriles is 1. The van der Waals surface area contributed by atoms with Gasteiger partial charge >= 0.3 is 0 Å². The van der Waals surface area contributed by atoms with Gasteiger partial charge < -0.3 is 15.1 Å². The van der Waals surface area contributed by atoms with Crippen LogP contribution >= 0.6 is 11.8 Å². The zero-order valence-electron chi connectivity index (χ0n) is 13.2. The SMILES string of the molecule is CN(C)C(=O)C1CCC(NCC(=O)N2CSCC2C#N)CC1. The van der Waals surface area contributed by atoms with Crippen molar-refractivity contribution in [1.82, 2.24) is 15.1 Å². The summed E-state index contributed by atoms with van der Waals surface area (Å²) >= 11 is 1.62. The first-order valence-electron chi connectivity index (χ1n) is 7.74. The molecule has 1 saturated carbocycles. The third kappa shape index (κ3) is 4.14. The molecule has 2 fully saturated rings. The normalized spacial score (nSPS) is 28.2. The first-order valence-corrected chi connectivity index (χ1v) is 8.89. The van der Waals surface area contributed by atoms with E-state index in [-0.39, 0.29) is 30.3 Å². The highest BCUT2D eigenvalue weighted by atomic mass is 32.2. The van der Waals surface area contributed by atoms with Gasteiger partial charge in [0.25, 0.3) is 0 Å². The first-order chi connectivity index (χ1) is 10.5. The van der Waals surface area contributed by atoms with Crippen molar-refractivity contribution in [3.63, 3.8) is 0 Å². The van der Waals surface area contributed by atoms with Crippen LogP contribution in [0.25, 0.3) is 0 Å². The summed E-state index contributed by atoms with van der Waals surface area (Å²) in [5.41, 5.74) is 0. The largest absolute Gasteiger partial charge is 0.349 e. The molecule has 0 aromatic rings. The minimum absolute atomic E-state index is 0.00282. The first kappa shape index (κ1) is 17.1. The van der Waals surface area contributed by atoms with Crippen molar-refractivity contribution in [3.8, 4) is 6.07 Å². The fourth-order valence-corrected chi connectivity index (χ4v) is 4.14. The highest BCUT2D eigenvalue weighted by molar-refractivity contribution is 7.99. The maximum absolute atomic E-state index is 12.2. The molecule has 1 aliphatic carbocycles. The van der Waals surface area contributed by atoms with Crippen molar-refractivity contribution >= 4 is 23.6 Å². The topological polar surface area (TPSA) is 76.4 Å². The molecule has 0 bridgehead atoms. The lowest BCUT2D eigenvalue weighted by atomic mass is 9.85. The molecule has 122 valence electrons. The lowest BCUT2D eigenvalue weighted by Gasteiger charge is -2.30. The summed E-state index contributed by atoms with van der Waals surface area (Å²) < 4.78 is 0. The summed E-state index contributed by atoms with van der Waals surface area (Å²) in [5, 5.41) is 12.3. The van der Waals surface area contributed by atoms with Crippen LogP contribution in [0.2, 0.25) is 0 Å². The molecule has 1 N–H and O–H groups in total. The average molecular weight is 324 g/mol. The Hall–Kier alpha value is -1.26. The second-order valence-corrected chi connectivity index (χ2v) is 7.17. The summed E-state index contributed by atoms with van der Waals surface area (Å²) in [6, 6.07) is 2.19. The van der Waals surface area contributed by atoms with E-state index in [1.54, 1.807) is 35.7 Å². The number of thioether (sulfide) groups is 1. The second-order valence-electron chi connectivity index (χ2n) is 6.17. The summed E-state index contributed by atoms with van der Waals surface area (Å²) in [7, 11) is 3.59. The van der Waals surface area contributed by atoms with Crippen molar-refractivity contribution in [2.75, 3.05) is 32.3 Å². The zero-order chi connectivity index (χ0) is 16.1. The fraction of sp³-hybridized carbons (Fsp3) is 0.800. The fourth-order valence-electron chi connectivity index (χ4n) is 3.04. The Labute approximate surface area is 136 Å². The van der Waals surface area contributed by atoms with Crippen molar-refractivity contribution in [2.45, 2.75) is 37.8 Å². The van der Waals surface area contributed by atoms with Crippen LogP contribution in [0.5, 0.6) is 0 Å². The van der Waals surface area contributed by atoms with E-state index in [9.17, 15) is 9.59 Å². The van der Waals surface area contributed by atoms with Gasteiger partial charge in [0.15, 0.2) is 0 Å². The number of nitrogens with zero attached hydrogens (tertiary/aromatic N) is 3. The lowest BCUT2D eigenvalue weighted by Crippen LogP contribution is -2.45. The van der Waals surface area contributed by atoms with Gasteiger partial charge in [-0.1, -0.05) is 0 Å². The summed E-state index contributed by atoms with van der Waals surface area (Å²) in [4.78, 5) is 27.4. The molecule has 7 heteroatoms. The summed E-state index contributed by atoms with van der Waals surface area (Å²) in [5.74, 6) is 1.66. The van der Waals surface area contributed by atoms with Gasteiger partial charge in [0.2, 0.25) is 11.8 Å². The highest BCUT2D eigenvalue weighted by Gasteiger charge is 2.30. The van der Waals surface area contributed by atoms with E-state index >= 15 is 0 Å². The average Bonchev–Trinajstić information content (AvgIpc) is 3.01. The molecule has 2 amide bonds. The quantitative estimate of drug-likeness (QED) is 0.821. The predicted octanol–water partition coefficient (Wildman–Crippen LogP) is 0.648. The third-order valence-corrected chi connectivity index (χ3v) is 5.42. The number of carbonyl (C=O) groups excluding carboxylic acids is 2. The molecule has 2 aliphatic rings. The molecule has 1 heterocycles. The third-order valence-electron chi connectivity index (χ3n) is 4.41. The van der Waals surface area contributed by atoms with Gasteiger partial charge in [0.1, 0.15) is 6.04 Å². The smallest absolute Gasteiger partial charge is 0.238 e. The van der Waals surface area contributed by atoms with Crippen molar-refractivity contribution < 1.29 is 9.59 Å². The molecular weight excluding hydrogens is 300 g/mol. The van der Waals surface area contributed by atoms with Crippen molar-refractivity contribution in [2.24, 2.45) is 5.92 Å². The Morgan fingerprint density at radius 2 is 2.00 bits per heavy atom. The Kier molecular flexibility index (Phi) is 6.09. The molecule has 0 aromatic carbocycles. The summed E-state index contributed by atoms with van der Waals surface area (Å²) in [6.45, 7) is 0.287. The van der Waals surface area contributed by atoms with Gasteiger partial charge in [-0.25, -0.2) is 0 Å². The van der Waals surface area contributed by atoms with Crippen molar-refractivity contribution in [3.05, 3.63) is 0 Å². The van der Waals surface area contributed by atoms with E-state index < -0.39 is 0 Å². The molecule has 2 rings (SSSR count). The van der Waals surface area contributed by atoms with Crippen LogP contribution in [0, 0.1) is 17.2 Å². The van der Waals surface area contributed by atoms with E-state index in [1.165, 1.54) is 0 Å². The molecule has 1 aliphatic heterocycles. The van der Waals surface area contributed by atoms with Crippen LogP contribution in [-0.4, -0.2) is 66.0 Å². The molecule has 1 saturated heterocycles. The standard InChI is InChI=1S/C15H24N4O2S/c1-18(2)15(21)11-3-5-12(6-4-11)17-8-14(20)19-10-22-9-13(19)7-16/h11-13,17H,3-6,8-10H2,1-2H3. The number of rotatable bonds is 4. The minimum Gasteiger partial charge on any atom is -0.349 e. The molecule has 22 heavy (non-hydrogen) atoms. The Morgan fingerprint density at radius 1 is 1.32 bits per heavy atom. The van der Waals surface area contributed by atoms with E-state index in [1.807, 2.05) is 0 Å². The number of amides is 2. The van der Waals surface area contributed by atoms with Gasteiger partial charge in [-0.2, -0.15) is 5.26 Å². The lowest BCUT2D eigenvalue weighted by molar-refractivity contribution is -0.134. The Morgan fingerprint density at radius 3 is 2.59 bits per heavy atom. The van der Waals surface area contributed by atoms with E-state index in [0.29, 0.717) is 17.7 Å². The molecule has 1 unspecified atom stereocenters. The molecule has 0 spiro atoms. The number of nitrogens with one attached hydrogen (secondary N) is 1. The van der Waals surface area contributed by atoms with Crippen LogP contribution in [0.3, 0.4) is 0 Å². The van der Waals surface area contributed by atoms with Gasteiger partial charge in [0, 0.05) is 31.8 Å². The number of carbonyl (C=O) groups is 2. The van der Waals surface area contributed by atoms with Crippen LogP contribution in [0.4, 0.5) is 0 Å². The van der Waals surface area contributed by atoms with Gasteiger partial charge in [-0.3, -0.25) is 9.59 Å². The minimum atomic E-state index is -0.284. The monoisotopic (exact) mass is 324 g/mol. The predicted molar refractivity (Wildman–Crippen MR) is 86.0 cm³/mol. The van der Waals surface area contributed by atoms with Crippen molar-refractivity contribution in [1.29, 1.82) is 5.26 Å². The van der Waals surface area contributed by atoms with E-state index in [2.05, 4.69) is 11.4 Å². The van der Waals surface area contributed by atoms with Crippen LogP contribution in [0.15, 0.2) is 0 Å². The zero-order valence-corrected chi connectivity index (χ0v) is 14.1. The second kappa shape index (κ2) is 7.84. The molecule has 1 atom stereocenters. The molecule has 6 nitrogen and oxygen atoms in total. The number of hydrogen-bond acceptors (Lipinski definition) is 5. The van der Waals surface area contributed by atoms with E-state index in [0.717, 1.165) is 25.7 Å². The molecule has 0 radical (unpaired) electrons. The highest BCUT2D eigenvalue weighted by Crippen LogP contribution is 2.25. The van der Waals surface area contributed by atoms with Gasteiger partial charge in [0.05, 0.1) is 18.5 Å². The maximum Gasteiger partial charge on any atom is 0.238 e. The van der Waals surface area contributed by atoms with Gasteiger partial charge in [-0.05, 0) is 25.7 Å². The van der Waals surface area contributed by atoms with Crippen LogP contribution in [-0.2, 0) is 9.59 Å². The molecule has 0 aromatic heterocycles. The number of hydrogen-bond donors (Lipinski definition) is 1. The Bertz CT molecular complexity index is 455. The Balaban J connectivity index is 1.72. The van der Waals surface area contributed by atoms with E-state index in [4.69, 9.17) is 5.26 Å². The molecular formula is C15H24N4O2S. The van der Waals surface area contributed by atoms with Gasteiger partial charge in [-0.15, -0.1) is 11.8 Å².